The number of aromatic nitrogens is 1. The Morgan fingerprint density at radius 3 is 2.40 bits per heavy atom. The van der Waals surface area contributed by atoms with Gasteiger partial charge in [0.25, 0.3) is 15.7 Å². The first kappa shape index (κ1) is 14.2. The minimum absolute atomic E-state index is 0.0656. The monoisotopic (exact) mass is 313 g/mol. The fraction of sp³-hybridized carbons (Fsp3) is 0. The molecule has 104 valence electrons. The molecule has 1 heterocycles. The number of sulfonamides is 1. The number of rotatable bonds is 4. The summed E-state index contributed by atoms with van der Waals surface area (Å²) in [5, 5.41) is 10.8. The highest BCUT2D eigenvalue weighted by molar-refractivity contribution is 7.92. The number of nitro groups is 1. The van der Waals surface area contributed by atoms with Crippen molar-refractivity contribution in [2.24, 2.45) is 0 Å². The lowest BCUT2D eigenvalue weighted by atomic mass is 10.3. The van der Waals surface area contributed by atoms with Gasteiger partial charge in [-0.3, -0.25) is 14.8 Å². The molecule has 0 saturated carbocycles. The molecule has 1 N–H and O–H groups in total. The smallest absolute Gasteiger partial charge is 0.263 e. The second-order valence-corrected chi connectivity index (χ2v) is 5.83. The Bertz CT molecular complexity index is 747. The van der Waals surface area contributed by atoms with Crippen LogP contribution in [0.25, 0.3) is 0 Å². The molecule has 0 saturated heterocycles. The van der Waals surface area contributed by atoms with E-state index in [1.54, 1.807) is 0 Å². The normalized spacial score (nSPS) is 11.1. The second-order valence-electron chi connectivity index (χ2n) is 3.72. The minimum Gasteiger partial charge on any atom is -0.263 e. The molecule has 1 aromatic carbocycles. The van der Waals surface area contributed by atoms with E-state index in [1.165, 1.54) is 18.3 Å². The summed E-state index contributed by atoms with van der Waals surface area (Å²) in [6.07, 6.45) is 1.36. The van der Waals surface area contributed by atoms with Crippen molar-refractivity contribution in [1.29, 1.82) is 0 Å². The van der Waals surface area contributed by atoms with Crippen LogP contribution in [0.3, 0.4) is 0 Å². The summed E-state index contributed by atoms with van der Waals surface area (Å²) in [7, 11) is -3.87. The van der Waals surface area contributed by atoms with Gasteiger partial charge < -0.3 is 0 Å². The third-order valence-electron chi connectivity index (χ3n) is 2.32. The van der Waals surface area contributed by atoms with Crippen molar-refractivity contribution in [1.82, 2.24) is 4.98 Å². The molecule has 0 fully saturated rings. The van der Waals surface area contributed by atoms with Gasteiger partial charge in [-0.15, -0.1) is 0 Å². The highest BCUT2D eigenvalue weighted by Gasteiger charge is 2.16. The van der Waals surface area contributed by atoms with E-state index in [0.717, 1.165) is 24.3 Å². The van der Waals surface area contributed by atoms with E-state index in [4.69, 9.17) is 11.6 Å². The van der Waals surface area contributed by atoms with Gasteiger partial charge in [-0.1, -0.05) is 11.6 Å². The predicted octanol–water partition coefficient (Wildman–Crippen LogP) is 2.44. The van der Waals surface area contributed by atoms with Gasteiger partial charge in [0.2, 0.25) is 0 Å². The Labute approximate surface area is 119 Å². The SMILES string of the molecule is O=[N+]([O-])c1ccc(S(=O)(=O)Nc2cc(Cl)ccn2)cc1. The number of nitrogens with zero attached hydrogens (tertiary/aromatic N) is 2. The zero-order valence-corrected chi connectivity index (χ0v) is 11.4. The maximum atomic E-state index is 12.0. The molecule has 1 aromatic heterocycles. The number of nitrogens with one attached hydrogen (secondary N) is 1. The van der Waals surface area contributed by atoms with Crippen molar-refractivity contribution < 1.29 is 13.3 Å². The van der Waals surface area contributed by atoms with Crippen molar-refractivity contribution in [2.45, 2.75) is 4.90 Å². The molecule has 7 nitrogen and oxygen atoms in total. The van der Waals surface area contributed by atoms with Crippen molar-refractivity contribution in [3.63, 3.8) is 0 Å². The standard InChI is InChI=1S/C11H8ClN3O4S/c12-8-5-6-13-11(7-8)14-20(18,19)10-3-1-9(2-4-10)15(16)17/h1-7H,(H,13,14). The molecule has 0 radical (unpaired) electrons. The number of benzene rings is 1. The number of nitro benzene ring substituents is 1. The van der Waals surface area contributed by atoms with Crippen LogP contribution >= 0.6 is 11.6 Å². The van der Waals surface area contributed by atoms with Crippen LogP contribution in [-0.4, -0.2) is 18.3 Å². The summed E-state index contributed by atoms with van der Waals surface area (Å²) >= 11 is 5.73. The van der Waals surface area contributed by atoms with Gasteiger partial charge in [0.1, 0.15) is 5.82 Å². The Morgan fingerprint density at radius 1 is 1.20 bits per heavy atom. The predicted molar refractivity (Wildman–Crippen MR) is 73.2 cm³/mol. The number of pyridine rings is 1. The summed E-state index contributed by atoms with van der Waals surface area (Å²) in [4.78, 5) is 13.6. The molecule has 0 bridgehead atoms. The first-order valence-electron chi connectivity index (χ1n) is 5.27. The highest BCUT2D eigenvalue weighted by atomic mass is 35.5. The van der Waals surface area contributed by atoms with Crippen LogP contribution in [0.5, 0.6) is 0 Å². The number of non-ortho nitro benzene ring substituents is 1. The first-order valence-corrected chi connectivity index (χ1v) is 7.13. The summed E-state index contributed by atoms with van der Waals surface area (Å²) in [5.41, 5.74) is -0.190. The van der Waals surface area contributed by atoms with Crippen LogP contribution in [0, 0.1) is 10.1 Å². The molecule has 0 aliphatic rings. The molecule has 9 heteroatoms. The molecular weight excluding hydrogens is 306 g/mol. The van der Waals surface area contributed by atoms with Gasteiger partial charge >= 0.3 is 0 Å². The zero-order valence-electron chi connectivity index (χ0n) is 9.86. The molecule has 2 aromatic rings. The summed E-state index contributed by atoms with van der Waals surface area (Å²) in [6.45, 7) is 0. The molecule has 0 aliphatic heterocycles. The second kappa shape index (κ2) is 5.43. The number of halogens is 1. The van der Waals surface area contributed by atoms with E-state index in [0.29, 0.717) is 5.02 Å². The third-order valence-corrected chi connectivity index (χ3v) is 3.92. The van der Waals surface area contributed by atoms with Crippen LogP contribution < -0.4 is 4.72 Å². The molecule has 0 atom stereocenters. The molecule has 0 spiro atoms. The molecule has 0 unspecified atom stereocenters. The van der Waals surface area contributed by atoms with E-state index >= 15 is 0 Å². The maximum Gasteiger partial charge on any atom is 0.269 e. The molecule has 20 heavy (non-hydrogen) atoms. The van der Waals surface area contributed by atoms with E-state index in [1.807, 2.05) is 0 Å². The van der Waals surface area contributed by atoms with Gasteiger partial charge in [0.15, 0.2) is 0 Å². The molecule has 0 aliphatic carbocycles. The van der Waals surface area contributed by atoms with Gasteiger partial charge in [0, 0.05) is 29.4 Å². The van der Waals surface area contributed by atoms with Crippen LogP contribution in [0.4, 0.5) is 11.5 Å². The third kappa shape index (κ3) is 3.22. The Hall–Kier alpha value is -2.19. The fourth-order valence-corrected chi connectivity index (χ4v) is 2.56. The average Bonchev–Trinajstić information content (AvgIpc) is 2.38. The fourth-order valence-electron chi connectivity index (χ4n) is 1.40. The average molecular weight is 314 g/mol. The largest absolute Gasteiger partial charge is 0.269 e. The van der Waals surface area contributed by atoms with E-state index in [9.17, 15) is 18.5 Å². The summed E-state index contributed by atoms with van der Waals surface area (Å²) in [6, 6.07) is 7.37. The lowest BCUT2D eigenvalue weighted by molar-refractivity contribution is -0.384. The molecule has 2 rings (SSSR count). The quantitative estimate of drug-likeness (QED) is 0.690. The van der Waals surface area contributed by atoms with Crippen LogP contribution in [0.1, 0.15) is 0 Å². The minimum atomic E-state index is -3.87. The number of anilines is 1. The Kier molecular flexibility index (Phi) is 3.86. The van der Waals surface area contributed by atoms with Crippen LogP contribution in [-0.2, 0) is 10.0 Å². The first-order chi connectivity index (χ1) is 9.38. The van der Waals surface area contributed by atoms with Gasteiger partial charge in [0.05, 0.1) is 9.82 Å². The summed E-state index contributed by atoms with van der Waals surface area (Å²) < 4.78 is 26.3. The Morgan fingerprint density at radius 2 is 1.85 bits per heavy atom. The van der Waals surface area contributed by atoms with Gasteiger partial charge in [-0.05, 0) is 18.2 Å². The van der Waals surface area contributed by atoms with Gasteiger partial charge in [-0.2, -0.15) is 0 Å². The molecule has 0 amide bonds. The topological polar surface area (TPSA) is 102 Å². The van der Waals surface area contributed by atoms with Gasteiger partial charge in [-0.25, -0.2) is 13.4 Å². The summed E-state index contributed by atoms with van der Waals surface area (Å²) in [5.74, 6) is 0.0656. The van der Waals surface area contributed by atoms with Crippen molar-refractivity contribution >= 4 is 33.1 Å². The molecular formula is C11H8ClN3O4S. The number of hydrogen-bond acceptors (Lipinski definition) is 5. The zero-order chi connectivity index (χ0) is 14.8. The van der Waals surface area contributed by atoms with Crippen LogP contribution in [0.2, 0.25) is 5.02 Å². The van der Waals surface area contributed by atoms with E-state index < -0.39 is 14.9 Å². The Balaban J connectivity index is 2.28. The highest BCUT2D eigenvalue weighted by Crippen LogP contribution is 2.19. The van der Waals surface area contributed by atoms with Crippen molar-refractivity contribution in [2.75, 3.05) is 4.72 Å². The maximum absolute atomic E-state index is 12.0. The number of hydrogen-bond donors (Lipinski definition) is 1. The van der Waals surface area contributed by atoms with E-state index in [-0.39, 0.29) is 16.4 Å². The lowest BCUT2D eigenvalue weighted by Gasteiger charge is -2.07. The van der Waals surface area contributed by atoms with Crippen molar-refractivity contribution in [3.8, 4) is 0 Å². The van der Waals surface area contributed by atoms with Crippen LogP contribution in [0.15, 0.2) is 47.5 Å². The van der Waals surface area contributed by atoms with E-state index in [2.05, 4.69) is 9.71 Å². The lowest BCUT2D eigenvalue weighted by Crippen LogP contribution is -2.13. The van der Waals surface area contributed by atoms with Crippen molar-refractivity contribution in [3.05, 3.63) is 57.7 Å².